The summed E-state index contributed by atoms with van der Waals surface area (Å²) in [7, 11) is -3.60. The fraction of sp³-hybridized carbons (Fsp3) is 0.296. The summed E-state index contributed by atoms with van der Waals surface area (Å²) in [4.78, 5) is 13.0. The van der Waals surface area contributed by atoms with Crippen LogP contribution in [0.3, 0.4) is 0 Å². The summed E-state index contributed by atoms with van der Waals surface area (Å²) in [6, 6.07) is 19.2. The number of para-hydroxylation sites is 1. The number of hydrogen-bond acceptors (Lipinski definition) is 3. The van der Waals surface area contributed by atoms with Gasteiger partial charge in [0.25, 0.3) is 0 Å². The molecule has 0 spiro atoms. The number of benzene rings is 3. The number of aryl methyl sites for hydroxylation is 1. The van der Waals surface area contributed by atoms with Crippen LogP contribution in [0, 0.1) is 5.92 Å². The molecule has 0 radical (unpaired) electrons. The fourth-order valence-electron chi connectivity index (χ4n) is 5.06. The van der Waals surface area contributed by atoms with E-state index in [2.05, 4.69) is 28.9 Å². The molecule has 1 N–H and O–H groups in total. The number of halogens is 2. The number of nitrogens with zero attached hydrogens (tertiary/aromatic N) is 2. The lowest BCUT2D eigenvalue weighted by molar-refractivity contribution is -0.120. The Bertz CT molecular complexity index is 1540. The molecule has 1 aliphatic rings. The molecular formula is C27H27Cl2N3O3S. The Kier molecular flexibility index (Phi) is 7.01. The number of aromatic nitrogens is 1. The van der Waals surface area contributed by atoms with Crippen LogP contribution in [0.1, 0.15) is 25.3 Å². The van der Waals surface area contributed by atoms with Crippen molar-refractivity contribution in [2.75, 3.05) is 18.4 Å². The molecule has 0 saturated carbocycles. The maximum atomic E-state index is 13.0. The number of rotatable bonds is 6. The normalized spacial score (nSPS) is 15.5. The smallest absolute Gasteiger partial charge is 0.227 e. The Morgan fingerprint density at radius 2 is 1.61 bits per heavy atom. The quantitative estimate of drug-likeness (QED) is 0.310. The molecule has 6 nitrogen and oxygen atoms in total. The van der Waals surface area contributed by atoms with Crippen molar-refractivity contribution in [1.29, 1.82) is 0 Å². The van der Waals surface area contributed by atoms with Crippen LogP contribution in [0.15, 0.2) is 60.7 Å². The number of hydrogen-bond donors (Lipinski definition) is 1. The third-order valence-electron chi connectivity index (χ3n) is 6.96. The molecule has 1 amide bonds. The largest absolute Gasteiger partial charge is 0.341 e. The van der Waals surface area contributed by atoms with Gasteiger partial charge < -0.3 is 9.88 Å². The van der Waals surface area contributed by atoms with E-state index < -0.39 is 10.0 Å². The number of carbonyl (C=O) groups excluding carboxylic acids is 1. The lowest BCUT2D eigenvalue weighted by Gasteiger charge is -2.30. The number of carbonyl (C=O) groups is 1. The van der Waals surface area contributed by atoms with Gasteiger partial charge in [-0.15, -0.1) is 0 Å². The molecule has 0 bridgehead atoms. The first-order valence-electron chi connectivity index (χ1n) is 12.0. The second-order valence-electron chi connectivity index (χ2n) is 9.11. The van der Waals surface area contributed by atoms with Crippen LogP contribution >= 0.6 is 23.2 Å². The van der Waals surface area contributed by atoms with E-state index in [-0.39, 0.29) is 30.7 Å². The SMILES string of the molecule is CCn1c2ccccc2c2cc(NC(=O)C3CCN(S(=O)(=O)Cc4c(Cl)cccc4Cl)CC3)ccc21. The van der Waals surface area contributed by atoms with E-state index in [4.69, 9.17) is 23.2 Å². The van der Waals surface area contributed by atoms with E-state index in [1.807, 2.05) is 30.3 Å². The van der Waals surface area contributed by atoms with E-state index in [9.17, 15) is 13.2 Å². The monoisotopic (exact) mass is 543 g/mol. The summed E-state index contributed by atoms with van der Waals surface area (Å²) < 4.78 is 29.7. The van der Waals surface area contributed by atoms with E-state index in [0.717, 1.165) is 28.5 Å². The van der Waals surface area contributed by atoms with Crippen molar-refractivity contribution in [1.82, 2.24) is 8.87 Å². The lowest BCUT2D eigenvalue weighted by Crippen LogP contribution is -2.41. The van der Waals surface area contributed by atoms with Crippen molar-refractivity contribution < 1.29 is 13.2 Å². The summed E-state index contributed by atoms with van der Waals surface area (Å²) in [5.74, 6) is -0.596. The Hall–Kier alpha value is -2.58. The standard InChI is InChI=1S/C27H27Cl2N3O3S/c1-2-32-25-9-4-3-6-20(25)21-16-19(10-11-26(21)32)30-27(33)18-12-14-31(15-13-18)36(34,35)17-22-23(28)7-5-8-24(22)29/h3-11,16,18H,2,12-15,17H2,1H3,(H,30,33). The van der Waals surface area contributed by atoms with Crippen LogP contribution in [0.2, 0.25) is 10.0 Å². The first kappa shape index (κ1) is 25.1. The van der Waals surface area contributed by atoms with Crippen LogP contribution in [-0.2, 0) is 27.1 Å². The molecule has 1 saturated heterocycles. The molecule has 9 heteroatoms. The third kappa shape index (κ3) is 4.73. The topological polar surface area (TPSA) is 71.4 Å². The molecule has 1 aromatic heterocycles. The number of fused-ring (bicyclic) bond motifs is 3. The molecule has 188 valence electrons. The highest BCUT2D eigenvalue weighted by molar-refractivity contribution is 7.88. The molecule has 1 aliphatic heterocycles. The fourth-order valence-corrected chi connectivity index (χ4v) is 7.37. The first-order valence-corrected chi connectivity index (χ1v) is 14.4. The van der Waals surface area contributed by atoms with Crippen LogP contribution < -0.4 is 5.32 Å². The van der Waals surface area contributed by atoms with Crippen molar-refractivity contribution in [3.05, 3.63) is 76.3 Å². The molecule has 36 heavy (non-hydrogen) atoms. The van der Waals surface area contributed by atoms with E-state index in [1.54, 1.807) is 18.2 Å². The van der Waals surface area contributed by atoms with Gasteiger partial charge in [-0.3, -0.25) is 4.79 Å². The second kappa shape index (κ2) is 10.1. The maximum absolute atomic E-state index is 13.0. The summed E-state index contributed by atoms with van der Waals surface area (Å²) >= 11 is 12.3. The van der Waals surface area contributed by atoms with E-state index >= 15 is 0 Å². The zero-order valence-corrected chi connectivity index (χ0v) is 22.2. The van der Waals surface area contributed by atoms with Crippen LogP contribution in [0.5, 0.6) is 0 Å². The van der Waals surface area contributed by atoms with Gasteiger partial charge in [-0.1, -0.05) is 47.5 Å². The average molecular weight is 545 g/mol. The zero-order chi connectivity index (χ0) is 25.4. The Morgan fingerprint density at radius 3 is 2.31 bits per heavy atom. The van der Waals surface area contributed by atoms with Crippen LogP contribution in [0.25, 0.3) is 21.8 Å². The Morgan fingerprint density at radius 1 is 0.944 bits per heavy atom. The Labute approximate surface area is 220 Å². The average Bonchev–Trinajstić information content (AvgIpc) is 3.19. The van der Waals surface area contributed by atoms with Crippen molar-refractivity contribution in [3.8, 4) is 0 Å². The minimum Gasteiger partial charge on any atom is -0.341 e. The van der Waals surface area contributed by atoms with E-state index in [0.29, 0.717) is 28.5 Å². The predicted molar refractivity (Wildman–Crippen MR) is 147 cm³/mol. The van der Waals surface area contributed by atoms with Gasteiger partial charge in [0.05, 0.1) is 5.75 Å². The van der Waals surface area contributed by atoms with Gasteiger partial charge in [0.15, 0.2) is 0 Å². The molecule has 0 aliphatic carbocycles. The van der Waals surface area contributed by atoms with Gasteiger partial charge in [0, 0.05) is 68.7 Å². The summed E-state index contributed by atoms with van der Waals surface area (Å²) in [6.45, 7) is 3.55. The summed E-state index contributed by atoms with van der Waals surface area (Å²) in [6.07, 6.45) is 0.914. The molecule has 4 aromatic rings. The highest BCUT2D eigenvalue weighted by Crippen LogP contribution is 2.32. The maximum Gasteiger partial charge on any atom is 0.227 e. The molecule has 3 aromatic carbocycles. The molecule has 5 rings (SSSR count). The Balaban J connectivity index is 1.26. The van der Waals surface area contributed by atoms with Crippen molar-refractivity contribution >= 4 is 66.6 Å². The third-order valence-corrected chi connectivity index (χ3v) is 9.48. The highest BCUT2D eigenvalue weighted by Gasteiger charge is 2.32. The zero-order valence-electron chi connectivity index (χ0n) is 19.9. The second-order valence-corrected chi connectivity index (χ2v) is 11.9. The van der Waals surface area contributed by atoms with Gasteiger partial charge in [0.2, 0.25) is 15.9 Å². The van der Waals surface area contributed by atoms with Crippen molar-refractivity contribution in [2.45, 2.75) is 32.1 Å². The van der Waals surface area contributed by atoms with Gasteiger partial charge in [0.1, 0.15) is 0 Å². The van der Waals surface area contributed by atoms with Crippen molar-refractivity contribution in [3.63, 3.8) is 0 Å². The minimum atomic E-state index is -3.60. The molecule has 0 atom stereocenters. The van der Waals surface area contributed by atoms with Gasteiger partial charge in [-0.05, 0) is 56.2 Å². The number of amides is 1. The minimum absolute atomic E-state index is 0.0835. The molecule has 0 unspecified atom stereocenters. The predicted octanol–water partition coefficient (Wildman–Crippen LogP) is 6.30. The van der Waals surface area contributed by atoms with Crippen LogP contribution in [0.4, 0.5) is 5.69 Å². The van der Waals surface area contributed by atoms with Gasteiger partial charge in [-0.25, -0.2) is 12.7 Å². The number of sulfonamides is 1. The van der Waals surface area contributed by atoms with Crippen molar-refractivity contribution in [2.24, 2.45) is 5.92 Å². The molecular weight excluding hydrogens is 517 g/mol. The lowest BCUT2D eigenvalue weighted by atomic mass is 9.97. The summed E-state index contributed by atoms with van der Waals surface area (Å²) in [5, 5.41) is 5.97. The summed E-state index contributed by atoms with van der Waals surface area (Å²) in [5.41, 5.74) is 3.45. The first-order chi connectivity index (χ1) is 17.3. The highest BCUT2D eigenvalue weighted by atomic mass is 35.5. The number of anilines is 1. The number of nitrogens with one attached hydrogen (secondary N) is 1. The number of piperidine rings is 1. The molecule has 1 fully saturated rings. The van der Waals surface area contributed by atoms with Gasteiger partial charge in [-0.2, -0.15) is 0 Å². The van der Waals surface area contributed by atoms with Gasteiger partial charge >= 0.3 is 0 Å². The molecule has 2 heterocycles. The van der Waals surface area contributed by atoms with E-state index in [1.165, 1.54) is 9.82 Å². The van der Waals surface area contributed by atoms with Crippen LogP contribution in [-0.4, -0.2) is 36.3 Å².